The van der Waals surface area contributed by atoms with Crippen molar-refractivity contribution in [1.29, 1.82) is 0 Å². The van der Waals surface area contributed by atoms with Gasteiger partial charge in [0.1, 0.15) is 0 Å². The van der Waals surface area contributed by atoms with Crippen molar-refractivity contribution >= 4 is 11.4 Å². The lowest BCUT2D eigenvalue weighted by atomic mass is 10.2. The van der Waals surface area contributed by atoms with E-state index >= 15 is 0 Å². The van der Waals surface area contributed by atoms with Gasteiger partial charge in [-0.25, -0.2) is 0 Å². The van der Waals surface area contributed by atoms with Crippen molar-refractivity contribution in [2.24, 2.45) is 0 Å². The Kier molecular flexibility index (Phi) is 3.27. The van der Waals surface area contributed by atoms with Crippen LogP contribution in [0, 0.1) is 13.8 Å². The summed E-state index contributed by atoms with van der Waals surface area (Å²) in [6.45, 7) is 4.54. The molecule has 0 radical (unpaired) electrons. The summed E-state index contributed by atoms with van der Waals surface area (Å²) < 4.78 is 4.90. The number of aromatic nitrogens is 2. The van der Waals surface area contributed by atoms with Gasteiger partial charge in [0.05, 0.1) is 11.4 Å². The van der Waals surface area contributed by atoms with Gasteiger partial charge >= 0.3 is 0 Å². The second kappa shape index (κ2) is 4.86. The third kappa shape index (κ3) is 2.96. The number of benzene rings is 1. The number of nitrogens with one attached hydrogen (secondary N) is 1. The number of aryl methyl sites for hydroxylation is 2. The van der Waals surface area contributed by atoms with Gasteiger partial charge in [0.2, 0.25) is 5.89 Å². The highest BCUT2D eigenvalue weighted by molar-refractivity contribution is 5.66. The Hall–Kier alpha value is -2.04. The quantitative estimate of drug-likeness (QED) is 0.787. The first-order valence-corrected chi connectivity index (χ1v) is 5.54. The van der Waals surface area contributed by atoms with Gasteiger partial charge in [-0.05, 0) is 24.6 Å². The number of nitrogens with two attached hydrogens (primary N) is 1. The standard InChI is InChI=1S/C12H16N4O/c1-8-3-4-10(13)11(7-8)14-6-5-12-15-9(2)17-16-12/h3-4,7,14H,5-6,13H2,1-2H3. The Morgan fingerprint density at radius 3 is 2.88 bits per heavy atom. The van der Waals surface area contributed by atoms with Crippen LogP contribution in [0.3, 0.4) is 0 Å². The van der Waals surface area contributed by atoms with Gasteiger partial charge in [-0.15, -0.1) is 0 Å². The van der Waals surface area contributed by atoms with E-state index < -0.39 is 0 Å². The summed E-state index contributed by atoms with van der Waals surface area (Å²) in [5.41, 5.74) is 8.74. The lowest BCUT2D eigenvalue weighted by molar-refractivity contribution is 0.387. The van der Waals surface area contributed by atoms with Crippen molar-refractivity contribution < 1.29 is 4.52 Å². The van der Waals surface area contributed by atoms with Gasteiger partial charge in [-0.3, -0.25) is 0 Å². The number of nitrogen functional groups attached to an aromatic ring is 1. The molecular weight excluding hydrogens is 216 g/mol. The highest BCUT2D eigenvalue weighted by Gasteiger charge is 2.03. The number of anilines is 2. The van der Waals surface area contributed by atoms with Gasteiger partial charge in [-0.1, -0.05) is 11.2 Å². The van der Waals surface area contributed by atoms with Crippen LogP contribution in [0.25, 0.3) is 0 Å². The largest absolute Gasteiger partial charge is 0.397 e. The van der Waals surface area contributed by atoms with Crippen molar-refractivity contribution in [3.05, 3.63) is 35.5 Å². The predicted molar refractivity (Wildman–Crippen MR) is 66.8 cm³/mol. The second-order valence-corrected chi connectivity index (χ2v) is 4.00. The Balaban J connectivity index is 1.91. The predicted octanol–water partition coefficient (Wildman–Crippen LogP) is 1.92. The van der Waals surface area contributed by atoms with E-state index in [2.05, 4.69) is 15.5 Å². The summed E-state index contributed by atoms with van der Waals surface area (Å²) in [6.07, 6.45) is 0.713. The number of nitrogens with zero attached hydrogens (tertiary/aromatic N) is 2. The average Bonchev–Trinajstić information content (AvgIpc) is 2.69. The molecule has 3 N–H and O–H groups in total. The van der Waals surface area contributed by atoms with Crippen molar-refractivity contribution in [2.45, 2.75) is 20.3 Å². The van der Waals surface area contributed by atoms with Crippen LogP contribution in [0.1, 0.15) is 17.3 Å². The maximum atomic E-state index is 5.86. The summed E-state index contributed by atoms with van der Waals surface area (Å²) in [5, 5.41) is 7.09. The molecule has 0 saturated heterocycles. The average molecular weight is 232 g/mol. The normalized spacial score (nSPS) is 10.5. The monoisotopic (exact) mass is 232 g/mol. The van der Waals surface area contributed by atoms with Crippen LogP contribution >= 0.6 is 0 Å². The fourth-order valence-electron chi connectivity index (χ4n) is 1.58. The Bertz CT molecular complexity index is 507. The van der Waals surface area contributed by atoms with Gasteiger partial charge < -0.3 is 15.6 Å². The molecule has 0 aliphatic rings. The summed E-state index contributed by atoms with van der Waals surface area (Å²) in [6, 6.07) is 5.91. The SMILES string of the molecule is Cc1ccc(N)c(NCCc2noc(C)n2)c1. The first-order chi connectivity index (χ1) is 8.15. The Morgan fingerprint density at radius 1 is 1.35 bits per heavy atom. The zero-order valence-corrected chi connectivity index (χ0v) is 10.0. The van der Waals surface area contributed by atoms with Crippen LogP contribution in [0.15, 0.2) is 22.7 Å². The molecule has 17 heavy (non-hydrogen) atoms. The number of hydrogen-bond acceptors (Lipinski definition) is 5. The van der Waals surface area contributed by atoms with Crippen molar-refractivity contribution in [3.63, 3.8) is 0 Å². The van der Waals surface area contributed by atoms with Crippen LogP contribution in [-0.4, -0.2) is 16.7 Å². The zero-order chi connectivity index (χ0) is 12.3. The second-order valence-electron chi connectivity index (χ2n) is 4.00. The molecule has 90 valence electrons. The molecule has 0 atom stereocenters. The van der Waals surface area contributed by atoms with Gasteiger partial charge in [0.15, 0.2) is 5.82 Å². The van der Waals surface area contributed by atoms with E-state index in [1.807, 2.05) is 25.1 Å². The molecule has 0 amide bonds. The summed E-state index contributed by atoms with van der Waals surface area (Å²) in [4.78, 5) is 4.13. The molecule has 0 saturated carbocycles. The molecule has 0 aliphatic heterocycles. The molecule has 2 rings (SSSR count). The minimum absolute atomic E-state index is 0.593. The molecule has 0 aliphatic carbocycles. The molecule has 1 aromatic carbocycles. The van der Waals surface area contributed by atoms with Crippen LogP contribution in [0.4, 0.5) is 11.4 Å². The number of hydrogen-bond donors (Lipinski definition) is 2. The smallest absolute Gasteiger partial charge is 0.223 e. The minimum atomic E-state index is 0.593. The lowest BCUT2D eigenvalue weighted by Crippen LogP contribution is -2.08. The first-order valence-electron chi connectivity index (χ1n) is 5.54. The van der Waals surface area contributed by atoms with Crippen LogP contribution < -0.4 is 11.1 Å². The fourth-order valence-corrected chi connectivity index (χ4v) is 1.58. The molecule has 5 nitrogen and oxygen atoms in total. The van der Waals surface area contributed by atoms with E-state index in [1.165, 1.54) is 5.56 Å². The van der Waals surface area contributed by atoms with Crippen LogP contribution in [0.5, 0.6) is 0 Å². The lowest BCUT2D eigenvalue weighted by Gasteiger charge is -2.08. The van der Waals surface area contributed by atoms with E-state index in [1.54, 1.807) is 6.92 Å². The third-order valence-electron chi connectivity index (χ3n) is 2.44. The highest BCUT2D eigenvalue weighted by atomic mass is 16.5. The maximum Gasteiger partial charge on any atom is 0.223 e. The molecule has 5 heteroatoms. The van der Waals surface area contributed by atoms with E-state index in [0.29, 0.717) is 18.1 Å². The van der Waals surface area contributed by atoms with Gasteiger partial charge in [0.25, 0.3) is 0 Å². The maximum absolute atomic E-state index is 5.86. The molecule has 0 bridgehead atoms. The minimum Gasteiger partial charge on any atom is -0.397 e. The van der Waals surface area contributed by atoms with E-state index in [9.17, 15) is 0 Å². The highest BCUT2D eigenvalue weighted by Crippen LogP contribution is 2.19. The number of rotatable bonds is 4. The zero-order valence-electron chi connectivity index (χ0n) is 10.0. The molecule has 1 heterocycles. The van der Waals surface area contributed by atoms with E-state index in [0.717, 1.165) is 17.9 Å². The first kappa shape index (κ1) is 11.4. The van der Waals surface area contributed by atoms with E-state index in [4.69, 9.17) is 10.3 Å². The molecule has 0 spiro atoms. The van der Waals surface area contributed by atoms with Crippen molar-refractivity contribution in [3.8, 4) is 0 Å². The van der Waals surface area contributed by atoms with Gasteiger partial charge in [-0.2, -0.15) is 4.98 Å². The third-order valence-corrected chi connectivity index (χ3v) is 2.44. The van der Waals surface area contributed by atoms with Crippen molar-refractivity contribution in [2.75, 3.05) is 17.6 Å². The molecule has 2 aromatic rings. The Labute approximate surface area is 100 Å². The molecule has 1 aromatic heterocycles. The molecular formula is C12H16N4O. The van der Waals surface area contributed by atoms with Crippen LogP contribution in [0.2, 0.25) is 0 Å². The summed E-state index contributed by atoms with van der Waals surface area (Å²) in [5.74, 6) is 1.30. The molecule has 0 unspecified atom stereocenters. The van der Waals surface area contributed by atoms with Crippen molar-refractivity contribution in [1.82, 2.24) is 10.1 Å². The fraction of sp³-hybridized carbons (Fsp3) is 0.333. The molecule has 0 fully saturated rings. The topological polar surface area (TPSA) is 77.0 Å². The van der Waals surface area contributed by atoms with Gasteiger partial charge in [0, 0.05) is 19.9 Å². The van der Waals surface area contributed by atoms with Crippen LogP contribution in [-0.2, 0) is 6.42 Å². The van der Waals surface area contributed by atoms with E-state index in [-0.39, 0.29) is 0 Å². The summed E-state index contributed by atoms with van der Waals surface area (Å²) in [7, 11) is 0. The summed E-state index contributed by atoms with van der Waals surface area (Å²) >= 11 is 0. The Morgan fingerprint density at radius 2 is 2.18 bits per heavy atom.